The summed E-state index contributed by atoms with van der Waals surface area (Å²) in [6.45, 7) is 1.97. The third kappa shape index (κ3) is 3.06. The molecule has 0 radical (unpaired) electrons. The Morgan fingerprint density at radius 2 is 2.07 bits per heavy atom. The molecule has 0 bridgehead atoms. The van der Waals surface area contributed by atoms with Crippen LogP contribution < -0.4 is 0 Å². The molecule has 3 nitrogen and oxygen atoms in total. The molecule has 1 unspecified atom stereocenters. The van der Waals surface area contributed by atoms with E-state index >= 15 is 0 Å². The van der Waals surface area contributed by atoms with Crippen molar-refractivity contribution < 1.29 is 9.53 Å². The quantitative estimate of drug-likeness (QED) is 0.485. The van der Waals surface area contributed by atoms with Crippen LogP contribution in [0.2, 0.25) is 0 Å². The molecule has 1 atom stereocenters. The first-order valence-corrected chi connectivity index (χ1v) is 5.05. The minimum absolute atomic E-state index is 0.0655. The summed E-state index contributed by atoms with van der Waals surface area (Å²) in [7, 11) is 0. The average Bonchev–Trinajstić information content (AvgIpc) is 2.28. The molecular weight excluding hydrogens is 214 g/mol. The van der Waals surface area contributed by atoms with Crippen LogP contribution in [0.1, 0.15) is 12.5 Å². The van der Waals surface area contributed by atoms with Crippen LogP contribution in [-0.4, -0.2) is 23.7 Å². The minimum Gasteiger partial charge on any atom is -0.465 e. The number of esters is 1. The Labute approximate surface area is 93.5 Å². The van der Waals surface area contributed by atoms with Gasteiger partial charge in [0.1, 0.15) is 0 Å². The Hall–Kier alpha value is -1.35. The number of rotatable bonds is 4. The zero-order valence-corrected chi connectivity index (χ0v) is 9.12. The minimum atomic E-state index is -1.03. The predicted octanol–water partition coefficient (Wildman–Crippen LogP) is 2.22. The van der Waals surface area contributed by atoms with E-state index in [1.807, 2.05) is 6.07 Å². The maximum Gasteiger partial charge on any atom is 0.330 e. The maximum absolute atomic E-state index is 11.3. The van der Waals surface area contributed by atoms with Gasteiger partial charge in [0.25, 0.3) is 0 Å². The van der Waals surface area contributed by atoms with E-state index in [9.17, 15) is 4.79 Å². The second-order valence-corrected chi connectivity index (χ2v) is 3.33. The van der Waals surface area contributed by atoms with Gasteiger partial charge in [-0.2, -0.15) is 0 Å². The van der Waals surface area contributed by atoms with Gasteiger partial charge >= 0.3 is 5.97 Å². The van der Waals surface area contributed by atoms with Crippen LogP contribution in [0, 0.1) is 5.41 Å². The number of halogens is 1. The Bertz CT molecular complexity index is 351. The number of hydrogen-bond acceptors (Lipinski definition) is 3. The van der Waals surface area contributed by atoms with E-state index in [1.54, 1.807) is 31.2 Å². The first-order valence-electron chi connectivity index (χ1n) is 4.61. The third-order valence-electron chi connectivity index (χ3n) is 1.83. The first-order chi connectivity index (χ1) is 7.16. The highest BCUT2D eigenvalue weighted by atomic mass is 35.5. The average molecular weight is 226 g/mol. The molecule has 0 saturated carbocycles. The third-order valence-corrected chi connectivity index (χ3v) is 2.23. The van der Waals surface area contributed by atoms with Gasteiger partial charge in [0.15, 0.2) is 5.38 Å². The number of alkyl halides is 1. The molecule has 0 aliphatic heterocycles. The van der Waals surface area contributed by atoms with E-state index in [0.717, 1.165) is 0 Å². The van der Waals surface area contributed by atoms with Crippen molar-refractivity contribution in [1.29, 1.82) is 5.41 Å². The lowest BCUT2D eigenvalue weighted by molar-refractivity contribution is -0.141. The van der Waals surface area contributed by atoms with E-state index < -0.39 is 11.3 Å². The lowest BCUT2D eigenvalue weighted by atomic mass is 10.1. The van der Waals surface area contributed by atoms with Gasteiger partial charge in [-0.1, -0.05) is 30.3 Å². The Morgan fingerprint density at radius 3 is 2.60 bits per heavy atom. The highest BCUT2D eigenvalue weighted by Gasteiger charge is 2.22. The fourth-order valence-electron chi connectivity index (χ4n) is 1.10. The maximum atomic E-state index is 11.3. The first kappa shape index (κ1) is 11.7. The lowest BCUT2D eigenvalue weighted by Gasteiger charge is -2.09. The van der Waals surface area contributed by atoms with Gasteiger partial charge < -0.3 is 10.1 Å². The van der Waals surface area contributed by atoms with Crippen LogP contribution in [0.15, 0.2) is 30.3 Å². The summed E-state index contributed by atoms with van der Waals surface area (Å²) in [6.07, 6.45) is 0. The molecule has 0 aromatic heterocycles. The summed E-state index contributed by atoms with van der Waals surface area (Å²) >= 11 is 5.80. The SMILES string of the molecule is CCOC(=O)C(Cl)C(=N)c1ccccc1. The van der Waals surface area contributed by atoms with Crippen LogP contribution in [0.5, 0.6) is 0 Å². The van der Waals surface area contributed by atoms with Crippen molar-refractivity contribution in [2.75, 3.05) is 6.61 Å². The molecule has 0 spiro atoms. The highest BCUT2D eigenvalue weighted by Crippen LogP contribution is 2.09. The van der Waals surface area contributed by atoms with E-state index in [0.29, 0.717) is 5.56 Å². The smallest absolute Gasteiger partial charge is 0.330 e. The van der Waals surface area contributed by atoms with E-state index in [4.69, 9.17) is 21.7 Å². The molecule has 1 rings (SSSR count). The Balaban J connectivity index is 2.73. The van der Waals surface area contributed by atoms with Crippen molar-refractivity contribution in [2.24, 2.45) is 0 Å². The Kier molecular flexibility index (Phi) is 4.31. The summed E-state index contributed by atoms with van der Waals surface area (Å²) in [5.41, 5.74) is 0.696. The molecule has 0 fully saturated rings. The molecule has 1 N–H and O–H groups in total. The molecule has 15 heavy (non-hydrogen) atoms. The molecule has 0 saturated heterocycles. The summed E-state index contributed by atoms with van der Waals surface area (Å²) in [5.74, 6) is -0.576. The largest absolute Gasteiger partial charge is 0.465 e. The second kappa shape index (κ2) is 5.51. The van der Waals surface area contributed by atoms with Gasteiger partial charge in [-0.15, -0.1) is 11.6 Å². The van der Waals surface area contributed by atoms with Gasteiger partial charge in [0.2, 0.25) is 0 Å². The lowest BCUT2D eigenvalue weighted by Crippen LogP contribution is -2.26. The van der Waals surface area contributed by atoms with Gasteiger partial charge in [0, 0.05) is 0 Å². The molecule has 4 heteroatoms. The fraction of sp³-hybridized carbons (Fsp3) is 0.273. The van der Waals surface area contributed by atoms with E-state index in [1.165, 1.54) is 0 Å². The van der Waals surface area contributed by atoms with Crippen LogP contribution in [0.4, 0.5) is 0 Å². The molecule has 0 heterocycles. The molecule has 1 aromatic rings. The fourth-order valence-corrected chi connectivity index (χ4v) is 1.29. The summed E-state index contributed by atoms with van der Waals surface area (Å²) < 4.78 is 4.73. The van der Waals surface area contributed by atoms with Gasteiger partial charge in [-0.25, -0.2) is 0 Å². The van der Waals surface area contributed by atoms with Gasteiger partial charge in [0.05, 0.1) is 12.3 Å². The summed E-state index contributed by atoms with van der Waals surface area (Å²) in [6, 6.07) is 8.88. The topological polar surface area (TPSA) is 50.2 Å². The number of hydrogen-bond donors (Lipinski definition) is 1. The Morgan fingerprint density at radius 1 is 1.47 bits per heavy atom. The highest BCUT2D eigenvalue weighted by molar-refractivity contribution is 6.43. The molecule has 0 aliphatic rings. The van der Waals surface area contributed by atoms with E-state index in [-0.39, 0.29) is 12.3 Å². The van der Waals surface area contributed by atoms with Crippen LogP contribution in [0.25, 0.3) is 0 Å². The van der Waals surface area contributed by atoms with Crippen LogP contribution in [0.3, 0.4) is 0 Å². The summed E-state index contributed by atoms with van der Waals surface area (Å²) in [4.78, 5) is 11.3. The van der Waals surface area contributed by atoms with E-state index in [2.05, 4.69) is 0 Å². The monoisotopic (exact) mass is 225 g/mol. The standard InChI is InChI=1S/C11H12ClNO2/c1-2-15-11(14)9(12)10(13)8-6-4-3-5-7-8/h3-7,9,13H,2H2,1H3. The molecule has 0 aliphatic carbocycles. The summed E-state index contributed by atoms with van der Waals surface area (Å²) in [5, 5.41) is 6.68. The zero-order valence-electron chi connectivity index (χ0n) is 8.37. The van der Waals surface area contributed by atoms with Crippen molar-refractivity contribution in [3.63, 3.8) is 0 Å². The number of nitrogens with one attached hydrogen (secondary N) is 1. The van der Waals surface area contributed by atoms with Gasteiger partial charge in [-0.05, 0) is 12.5 Å². The number of carbonyl (C=O) groups excluding carboxylic acids is 1. The predicted molar refractivity (Wildman–Crippen MR) is 59.5 cm³/mol. The second-order valence-electron chi connectivity index (χ2n) is 2.89. The van der Waals surface area contributed by atoms with Crippen molar-refractivity contribution >= 4 is 23.3 Å². The van der Waals surface area contributed by atoms with Gasteiger partial charge in [-0.3, -0.25) is 4.79 Å². The molecule has 80 valence electrons. The van der Waals surface area contributed by atoms with Crippen LogP contribution >= 0.6 is 11.6 Å². The zero-order chi connectivity index (χ0) is 11.3. The number of benzene rings is 1. The van der Waals surface area contributed by atoms with Crippen molar-refractivity contribution in [1.82, 2.24) is 0 Å². The normalized spacial score (nSPS) is 11.9. The van der Waals surface area contributed by atoms with Crippen molar-refractivity contribution in [3.8, 4) is 0 Å². The molecule has 0 amide bonds. The molecule has 1 aromatic carbocycles. The van der Waals surface area contributed by atoms with Crippen LogP contribution in [-0.2, 0) is 9.53 Å². The van der Waals surface area contributed by atoms with Crippen molar-refractivity contribution in [3.05, 3.63) is 35.9 Å². The van der Waals surface area contributed by atoms with Crippen molar-refractivity contribution in [2.45, 2.75) is 12.3 Å². The number of ether oxygens (including phenoxy) is 1. The number of carbonyl (C=O) groups is 1. The molecular formula is C11H12ClNO2.